The summed E-state index contributed by atoms with van der Waals surface area (Å²) in [6.07, 6.45) is 1.27. The average molecular weight is 263 g/mol. The summed E-state index contributed by atoms with van der Waals surface area (Å²) >= 11 is 0. The van der Waals surface area contributed by atoms with E-state index in [1.54, 1.807) is 12.1 Å². The number of aromatic carboxylic acids is 1. The number of aromatic nitrogens is 2. The quantitative estimate of drug-likeness (QED) is 0.717. The molecule has 2 rings (SSSR count). The average Bonchev–Trinajstić information content (AvgIpc) is 2.92. The molecule has 0 aliphatic carbocycles. The van der Waals surface area contributed by atoms with Gasteiger partial charge in [-0.2, -0.15) is 4.98 Å². The second kappa shape index (κ2) is 6.50. The van der Waals surface area contributed by atoms with Gasteiger partial charge in [0.2, 0.25) is 6.39 Å². The Labute approximate surface area is 109 Å². The van der Waals surface area contributed by atoms with Crippen LogP contribution in [0.1, 0.15) is 16.2 Å². The highest BCUT2D eigenvalue weighted by molar-refractivity contribution is 5.87. The van der Waals surface area contributed by atoms with Crippen LogP contribution in [0.4, 0.5) is 0 Å². The van der Waals surface area contributed by atoms with Gasteiger partial charge in [-0.05, 0) is 18.2 Å². The summed E-state index contributed by atoms with van der Waals surface area (Å²) in [7, 11) is 0. The normalized spacial score (nSPS) is 10.3. The van der Waals surface area contributed by atoms with Crippen LogP contribution in [0.2, 0.25) is 0 Å². The minimum absolute atomic E-state index is 0.206. The van der Waals surface area contributed by atoms with E-state index in [0.29, 0.717) is 31.3 Å². The summed E-state index contributed by atoms with van der Waals surface area (Å²) in [5, 5.41) is 15.6. The lowest BCUT2D eigenvalue weighted by molar-refractivity contribution is 0.0696. The van der Waals surface area contributed by atoms with Gasteiger partial charge in [-0.25, -0.2) is 4.79 Å². The number of rotatable bonds is 7. The molecule has 0 spiro atoms. The Bertz CT molecular complexity index is 528. The van der Waals surface area contributed by atoms with E-state index < -0.39 is 5.97 Å². The molecule has 0 atom stereocenters. The zero-order chi connectivity index (χ0) is 13.5. The van der Waals surface area contributed by atoms with Crippen LogP contribution in [-0.4, -0.2) is 34.4 Å². The van der Waals surface area contributed by atoms with Crippen molar-refractivity contribution in [2.24, 2.45) is 0 Å². The lowest BCUT2D eigenvalue weighted by Gasteiger charge is -2.07. The van der Waals surface area contributed by atoms with Gasteiger partial charge in [-0.1, -0.05) is 11.2 Å². The number of ether oxygens (including phenoxy) is 1. The zero-order valence-corrected chi connectivity index (χ0v) is 10.1. The Morgan fingerprint density at radius 2 is 2.37 bits per heavy atom. The van der Waals surface area contributed by atoms with E-state index in [9.17, 15) is 4.79 Å². The molecule has 1 aromatic heterocycles. The number of carbonyl (C=O) groups is 1. The first-order valence-corrected chi connectivity index (χ1v) is 5.68. The first kappa shape index (κ1) is 13.0. The molecule has 0 saturated carbocycles. The SMILES string of the molecule is O=C(O)c1cccc(OCCNCc2ncon2)c1. The van der Waals surface area contributed by atoms with Crippen LogP contribution in [-0.2, 0) is 6.54 Å². The maximum Gasteiger partial charge on any atom is 0.335 e. The predicted octanol–water partition coefficient (Wildman–Crippen LogP) is 0.936. The number of hydrogen-bond acceptors (Lipinski definition) is 6. The van der Waals surface area contributed by atoms with Gasteiger partial charge in [-0.3, -0.25) is 0 Å². The minimum atomic E-state index is -0.972. The number of hydrogen-bond donors (Lipinski definition) is 2. The van der Waals surface area contributed by atoms with Crippen molar-refractivity contribution in [3.63, 3.8) is 0 Å². The first-order chi connectivity index (χ1) is 9.25. The van der Waals surface area contributed by atoms with Crippen LogP contribution in [0.25, 0.3) is 0 Å². The van der Waals surface area contributed by atoms with Gasteiger partial charge in [0.05, 0.1) is 12.1 Å². The molecule has 0 unspecified atom stereocenters. The van der Waals surface area contributed by atoms with E-state index in [1.807, 2.05) is 0 Å². The molecule has 0 saturated heterocycles. The largest absolute Gasteiger partial charge is 0.492 e. The van der Waals surface area contributed by atoms with Crippen LogP contribution in [0.3, 0.4) is 0 Å². The number of nitrogens with one attached hydrogen (secondary N) is 1. The molecular formula is C12H13N3O4. The molecule has 0 amide bonds. The Morgan fingerprint density at radius 1 is 1.47 bits per heavy atom. The second-order valence-electron chi connectivity index (χ2n) is 3.71. The van der Waals surface area contributed by atoms with Crippen LogP contribution >= 0.6 is 0 Å². The Balaban J connectivity index is 1.70. The first-order valence-electron chi connectivity index (χ1n) is 5.68. The lowest BCUT2D eigenvalue weighted by Crippen LogP contribution is -2.21. The monoisotopic (exact) mass is 263 g/mol. The Kier molecular flexibility index (Phi) is 4.46. The molecule has 0 bridgehead atoms. The highest BCUT2D eigenvalue weighted by atomic mass is 16.5. The fourth-order valence-electron chi connectivity index (χ4n) is 1.43. The molecule has 0 aliphatic heterocycles. The van der Waals surface area contributed by atoms with E-state index in [4.69, 9.17) is 9.84 Å². The second-order valence-corrected chi connectivity index (χ2v) is 3.71. The van der Waals surface area contributed by atoms with Crippen LogP contribution in [0, 0.1) is 0 Å². The highest BCUT2D eigenvalue weighted by Gasteiger charge is 2.03. The zero-order valence-electron chi connectivity index (χ0n) is 10.1. The van der Waals surface area contributed by atoms with E-state index in [1.165, 1.54) is 18.5 Å². The number of carboxylic acid groups (broad SMARTS) is 1. The van der Waals surface area contributed by atoms with Crippen molar-refractivity contribution in [3.8, 4) is 5.75 Å². The smallest absolute Gasteiger partial charge is 0.335 e. The van der Waals surface area contributed by atoms with Crippen molar-refractivity contribution in [2.75, 3.05) is 13.2 Å². The summed E-state index contributed by atoms with van der Waals surface area (Å²) < 4.78 is 10.0. The Hall–Kier alpha value is -2.41. The van der Waals surface area contributed by atoms with Crippen molar-refractivity contribution >= 4 is 5.97 Å². The number of carboxylic acids is 1. The van der Waals surface area contributed by atoms with Crippen molar-refractivity contribution in [1.29, 1.82) is 0 Å². The molecule has 2 N–H and O–H groups in total. The molecule has 0 fully saturated rings. The summed E-state index contributed by atoms with van der Waals surface area (Å²) in [6, 6.07) is 6.36. The molecule has 100 valence electrons. The molecule has 0 radical (unpaired) electrons. The van der Waals surface area contributed by atoms with E-state index in [0.717, 1.165) is 0 Å². The standard InChI is InChI=1S/C12H13N3O4/c16-12(17)9-2-1-3-10(6-9)18-5-4-13-7-11-14-8-19-15-11/h1-3,6,8,13H,4-5,7H2,(H,16,17). The van der Waals surface area contributed by atoms with Gasteiger partial charge >= 0.3 is 5.97 Å². The van der Waals surface area contributed by atoms with Crippen LogP contribution in [0.15, 0.2) is 35.2 Å². The van der Waals surface area contributed by atoms with Crippen molar-refractivity contribution < 1.29 is 19.2 Å². The van der Waals surface area contributed by atoms with E-state index >= 15 is 0 Å². The van der Waals surface area contributed by atoms with Crippen LogP contribution < -0.4 is 10.1 Å². The lowest BCUT2D eigenvalue weighted by atomic mass is 10.2. The molecular weight excluding hydrogens is 250 g/mol. The third-order valence-corrected chi connectivity index (χ3v) is 2.32. The van der Waals surface area contributed by atoms with E-state index in [-0.39, 0.29) is 5.56 Å². The Morgan fingerprint density at radius 3 is 3.11 bits per heavy atom. The van der Waals surface area contributed by atoms with Gasteiger partial charge < -0.3 is 19.7 Å². The van der Waals surface area contributed by atoms with Gasteiger partial charge in [0, 0.05) is 6.54 Å². The molecule has 1 heterocycles. The van der Waals surface area contributed by atoms with Crippen molar-refractivity contribution in [1.82, 2.24) is 15.5 Å². The summed E-state index contributed by atoms with van der Waals surface area (Å²) in [5.41, 5.74) is 0.206. The summed E-state index contributed by atoms with van der Waals surface area (Å²) in [6.45, 7) is 1.50. The summed E-state index contributed by atoms with van der Waals surface area (Å²) in [5.74, 6) is 0.134. The molecule has 7 nitrogen and oxygen atoms in total. The van der Waals surface area contributed by atoms with Gasteiger partial charge in [0.1, 0.15) is 12.4 Å². The van der Waals surface area contributed by atoms with E-state index in [2.05, 4.69) is 20.0 Å². The molecule has 19 heavy (non-hydrogen) atoms. The number of nitrogens with zero attached hydrogens (tertiary/aromatic N) is 2. The molecule has 2 aromatic rings. The highest BCUT2D eigenvalue weighted by Crippen LogP contribution is 2.12. The van der Waals surface area contributed by atoms with Crippen LogP contribution in [0.5, 0.6) is 5.75 Å². The predicted molar refractivity (Wildman–Crippen MR) is 64.9 cm³/mol. The maximum atomic E-state index is 10.8. The fraction of sp³-hybridized carbons (Fsp3) is 0.250. The number of benzene rings is 1. The third kappa shape index (κ3) is 4.07. The van der Waals surface area contributed by atoms with Gasteiger partial charge in [0.15, 0.2) is 5.82 Å². The third-order valence-electron chi connectivity index (χ3n) is 2.32. The van der Waals surface area contributed by atoms with Gasteiger partial charge in [0.25, 0.3) is 0 Å². The minimum Gasteiger partial charge on any atom is -0.492 e. The molecule has 0 aliphatic rings. The molecule has 7 heteroatoms. The fourth-order valence-corrected chi connectivity index (χ4v) is 1.43. The van der Waals surface area contributed by atoms with Gasteiger partial charge in [-0.15, -0.1) is 0 Å². The maximum absolute atomic E-state index is 10.8. The molecule has 1 aromatic carbocycles. The van der Waals surface area contributed by atoms with Crippen molar-refractivity contribution in [3.05, 3.63) is 42.0 Å². The van der Waals surface area contributed by atoms with Crippen molar-refractivity contribution in [2.45, 2.75) is 6.54 Å². The topological polar surface area (TPSA) is 97.5 Å². The summed E-state index contributed by atoms with van der Waals surface area (Å²) in [4.78, 5) is 14.6.